The van der Waals surface area contributed by atoms with Gasteiger partial charge in [-0.15, -0.1) is 0 Å². The number of carbonyl (C=O) groups is 3. The molecule has 0 aliphatic carbocycles. The monoisotopic (exact) mass is 401 g/mol. The summed E-state index contributed by atoms with van der Waals surface area (Å²) >= 11 is 0. The number of benzene rings is 2. The lowest BCUT2D eigenvalue weighted by molar-refractivity contribution is -0.147. The zero-order valence-electron chi connectivity index (χ0n) is 16.0. The van der Waals surface area contributed by atoms with Crippen LogP contribution < -0.4 is 14.4 Å². The number of amides is 1. The molecular formula is C21H20FNO6. The van der Waals surface area contributed by atoms with Gasteiger partial charge in [-0.25, -0.2) is 4.39 Å². The summed E-state index contributed by atoms with van der Waals surface area (Å²) in [6.45, 7) is -0.371. The van der Waals surface area contributed by atoms with Crippen molar-refractivity contribution in [3.8, 4) is 11.5 Å². The van der Waals surface area contributed by atoms with Crippen molar-refractivity contribution < 1.29 is 33.0 Å². The van der Waals surface area contributed by atoms with Gasteiger partial charge in [0.1, 0.15) is 17.3 Å². The van der Waals surface area contributed by atoms with Crippen LogP contribution in [-0.2, 0) is 14.3 Å². The Bertz CT molecular complexity index is 927. The third-order valence-electron chi connectivity index (χ3n) is 4.65. The molecule has 0 N–H and O–H groups in total. The highest BCUT2D eigenvalue weighted by molar-refractivity contribution is 6.01. The van der Waals surface area contributed by atoms with Crippen LogP contribution in [-0.4, -0.2) is 45.0 Å². The van der Waals surface area contributed by atoms with Crippen LogP contribution in [0.2, 0.25) is 0 Å². The minimum Gasteiger partial charge on any atom is -0.497 e. The SMILES string of the molecule is COc1ccc(OC)c(N2C[C@@H](C(=O)OCC(=O)c3ccc(F)cc3)CC2=O)c1. The Morgan fingerprint density at radius 1 is 1.10 bits per heavy atom. The first-order chi connectivity index (χ1) is 13.9. The quantitative estimate of drug-likeness (QED) is 0.524. The molecule has 2 aromatic carbocycles. The number of methoxy groups -OCH3 is 2. The van der Waals surface area contributed by atoms with E-state index in [-0.39, 0.29) is 24.4 Å². The molecule has 1 aliphatic heterocycles. The van der Waals surface area contributed by atoms with Gasteiger partial charge in [0.25, 0.3) is 0 Å². The van der Waals surface area contributed by atoms with E-state index in [4.69, 9.17) is 14.2 Å². The highest BCUT2D eigenvalue weighted by atomic mass is 19.1. The van der Waals surface area contributed by atoms with Crippen LogP contribution in [0.15, 0.2) is 42.5 Å². The maximum Gasteiger partial charge on any atom is 0.311 e. The Hall–Kier alpha value is -3.42. The summed E-state index contributed by atoms with van der Waals surface area (Å²) in [5.74, 6) is -1.50. The zero-order chi connectivity index (χ0) is 21.0. The molecule has 0 bridgehead atoms. The summed E-state index contributed by atoms with van der Waals surface area (Å²) in [5, 5.41) is 0. The molecule has 1 aliphatic rings. The fourth-order valence-electron chi connectivity index (χ4n) is 3.08. The van der Waals surface area contributed by atoms with Crippen LogP contribution in [0.3, 0.4) is 0 Å². The Balaban J connectivity index is 1.64. The van der Waals surface area contributed by atoms with Gasteiger partial charge in [-0.2, -0.15) is 0 Å². The zero-order valence-corrected chi connectivity index (χ0v) is 16.0. The summed E-state index contributed by atoms with van der Waals surface area (Å²) in [5.41, 5.74) is 0.735. The van der Waals surface area contributed by atoms with E-state index in [1.54, 1.807) is 18.2 Å². The third-order valence-corrected chi connectivity index (χ3v) is 4.65. The van der Waals surface area contributed by atoms with Gasteiger partial charge in [-0.05, 0) is 36.4 Å². The summed E-state index contributed by atoms with van der Waals surface area (Å²) in [6.07, 6.45) is -0.0378. The second-order valence-electron chi connectivity index (χ2n) is 6.48. The second kappa shape index (κ2) is 8.72. The lowest BCUT2D eigenvalue weighted by atomic mass is 10.1. The van der Waals surface area contributed by atoms with E-state index in [2.05, 4.69) is 0 Å². The Labute approximate surface area is 167 Å². The van der Waals surface area contributed by atoms with Crippen LogP contribution in [0.4, 0.5) is 10.1 Å². The maximum atomic E-state index is 12.9. The first-order valence-corrected chi connectivity index (χ1v) is 8.90. The Kier molecular flexibility index (Phi) is 6.11. The van der Waals surface area contributed by atoms with E-state index in [0.717, 1.165) is 12.1 Å². The molecule has 29 heavy (non-hydrogen) atoms. The fraction of sp³-hybridized carbons (Fsp3) is 0.286. The van der Waals surface area contributed by atoms with E-state index in [1.807, 2.05) is 0 Å². The van der Waals surface area contributed by atoms with Crippen molar-refractivity contribution in [2.24, 2.45) is 5.92 Å². The van der Waals surface area contributed by atoms with Gasteiger partial charge in [-0.1, -0.05) is 0 Å². The number of hydrogen-bond acceptors (Lipinski definition) is 6. The maximum absolute atomic E-state index is 12.9. The van der Waals surface area contributed by atoms with E-state index < -0.39 is 30.1 Å². The lowest BCUT2D eigenvalue weighted by Gasteiger charge is -2.20. The van der Waals surface area contributed by atoms with Crippen LogP contribution >= 0.6 is 0 Å². The second-order valence-corrected chi connectivity index (χ2v) is 6.48. The van der Waals surface area contributed by atoms with Crippen LogP contribution in [0.5, 0.6) is 11.5 Å². The van der Waals surface area contributed by atoms with Crippen molar-refractivity contribution >= 4 is 23.3 Å². The van der Waals surface area contributed by atoms with E-state index in [1.165, 1.54) is 31.3 Å². The summed E-state index contributed by atoms with van der Waals surface area (Å²) in [4.78, 5) is 38.3. The van der Waals surface area contributed by atoms with Crippen molar-refractivity contribution in [3.05, 3.63) is 53.8 Å². The number of hydrogen-bond donors (Lipinski definition) is 0. The van der Waals surface area contributed by atoms with Crippen LogP contribution in [0.1, 0.15) is 16.8 Å². The number of nitrogens with zero attached hydrogens (tertiary/aromatic N) is 1. The van der Waals surface area contributed by atoms with Gasteiger partial charge in [0.2, 0.25) is 5.91 Å². The molecule has 7 nitrogen and oxygen atoms in total. The molecule has 0 spiro atoms. The highest BCUT2D eigenvalue weighted by Crippen LogP contribution is 2.36. The summed E-state index contributed by atoms with van der Waals surface area (Å²) < 4.78 is 28.5. The molecule has 8 heteroatoms. The van der Waals surface area contributed by atoms with Crippen LogP contribution in [0.25, 0.3) is 0 Å². The predicted molar refractivity (Wildman–Crippen MR) is 102 cm³/mol. The van der Waals surface area contributed by atoms with Crippen molar-refractivity contribution in [2.75, 3.05) is 32.3 Å². The van der Waals surface area contributed by atoms with Gasteiger partial charge in [0, 0.05) is 24.6 Å². The number of anilines is 1. The average Bonchev–Trinajstić information content (AvgIpc) is 3.13. The molecular weight excluding hydrogens is 381 g/mol. The molecule has 152 valence electrons. The fourth-order valence-corrected chi connectivity index (χ4v) is 3.08. The molecule has 1 fully saturated rings. The van der Waals surface area contributed by atoms with Crippen molar-refractivity contribution in [2.45, 2.75) is 6.42 Å². The van der Waals surface area contributed by atoms with Crippen molar-refractivity contribution in [1.29, 1.82) is 0 Å². The Morgan fingerprint density at radius 2 is 1.83 bits per heavy atom. The van der Waals surface area contributed by atoms with Crippen molar-refractivity contribution in [3.63, 3.8) is 0 Å². The molecule has 3 rings (SSSR count). The molecule has 0 unspecified atom stereocenters. The third kappa shape index (κ3) is 4.53. The van der Waals surface area contributed by atoms with E-state index >= 15 is 0 Å². The number of esters is 1. The molecule has 1 heterocycles. The van der Waals surface area contributed by atoms with E-state index in [9.17, 15) is 18.8 Å². The van der Waals surface area contributed by atoms with Gasteiger partial charge < -0.3 is 19.1 Å². The first-order valence-electron chi connectivity index (χ1n) is 8.90. The number of ether oxygens (including phenoxy) is 3. The number of ketones is 1. The standard InChI is InChI=1S/C21H20FNO6/c1-27-16-7-8-19(28-2)17(10-16)23-11-14(9-20(23)25)21(26)29-12-18(24)13-3-5-15(22)6-4-13/h3-8,10,14H,9,11-12H2,1-2H3/t14-/m0/s1. The van der Waals surface area contributed by atoms with Crippen molar-refractivity contribution in [1.82, 2.24) is 0 Å². The molecule has 1 atom stereocenters. The minimum absolute atomic E-state index is 0.0378. The number of rotatable bonds is 7. The highest BCUT2D eigenvalue weighted by Gasteiger charge is 2.37. The van der Waals surface area contributed by atoms with E-state index in [0.29, 0.717) is 17.2 Å². The molecule has 0 aromatic heterocycles. The molecule has 2 aromatic rings. The molecule has 0 radical (unpaired) electrons. The molecule has 1 saturated heterocycles. The molecule has 1 amide bonds. The molecule has 0 saturated carbocycles. The predicted octanol–water partition coefficient (Wildman–Crippen LogP) is 2.62. The number of Topliss-reactive ketones (excluding diaryl/α,β-unsaturated/α-hetero) is 1. The number of carbonyl (C=O) groups excluding carboxylic acids is 3. The van der Waals surface area contributed by atoms with Gasteiger partial charge in [0.15, 0.2) is 12.4 Å². The van der Waals surface area contributed by atoms with Crippen LogP contribution in [0, 0.1) is 11.7 Å². The Morgan fingerprint density at radius 3 is 2.48 bits per heavy atom. The average molecular weight is 401 g/mol. The summed E-state index contributed by atoms with van der Waals surface area (Å²) in [6, 6.07) is 9.99. The summed E-state index contributed by atoms with van der Waals surface area (Å²) in [7, 11) is 2.99. The first kappa shape index (κ1) is 20.3. The minimum atomic E-state index is -0.709. The largest absolute Gasteiger partial charge is 0.497 e. The normalized spacial score (nSPS) is 15.9. The van der Waals surface area contributed by atoms with Gasteiger partial charge in [-0.3, -0.25) is 14.4 Å². The number of halogens is 1. The van der Waals surface area contributed by atoms with Gasteiger partial charge in [0.05, 0.1) is 25.8 Å². The topological polar surface area (TPSA) is 82.1 Å². The van der Waals surface area contributed by atoms with Gasteiger partial charge >= 0.3 is 5.97 Å². The lowest BCUT2D eigenvalue weighted by Crippen LogP contribution is -2.27. The smallest absolute Gasteiger partial charge is 0.311 e.